The van der Waals surface area contributed by atoms with Gasteiger partial charge >= 0.3 is 24.6 Å². The zero-order chi connectivity index (χ0) is 85.5. The van der Waals surface area contributed by atoms with E-state index < -0.39 is 117 Å². The molecule has 2 aliphatic carbocycles. The highest BCUT2D eigenvalue weighted by atomic mass is 128. The van der Waals surface area contributed by atoms with Crippen molar-refractivity contribution in [3.05, 3.63) is 161 Å². The van der Waals surface area contributed by atoms with Crippen molar-refractivity contribution < 1.29 is 86.2 Å². The summed E-state index contributed by atoms with van der Waals surface area (Å²) in [6.45, 7) is 13.3. The molecule has 0 bridgehead atoms. The van der Waals surface area contributed by atoms with Crippen LogP contribution in [0.25, 0.3) is 50.7 Å². The van der Waals surface area contributed by atoms with E-state index >= 15 is 0 Å². The Morgan fingerprint density at radius 2 is 0.825 bits per heavy atom. The Kier molecular flexibility index (Phi) is 32.9. The van der Waals surface area contributed by atoms with Crippen LogP contribution in [0.15, 0.2) is 110 Å². The summed E-state index contributed by atoms with van der Waals surface area (Å²) in [6, 6.07) is 15.2. The van der Waals surface area contributed by atoms with Gasteiger partial charge in [-0.05, 0) is 157 Å². The lowest BCUT2D eigenvalue weighted by atomic mass is 9.84. The summed E-state index contributed by atoms with van der Waals surface area (Å²) in [5.41, 5.74) is 1.13. The van der Waals surface area contributed by atoms with Crippen LogP contribution in [0.2, 0.25) is 0 Å². The number of alkyl halides is 9. The number of hydrogen-bond acceptors (Lipinski definition) is 15. The first-order chi connectivity index (χ1) is 55.8. The SMILES string of the molecule is C[C@H]1CN(C(=O)c2cn3nc(-c4ccc(F)cc4)cc(C(F)(F)F)c3n2)CCN1.C[C@H]1CN(C(=O)c2cn3nc(-c4ccc(F)cc4)cc(C(F)(F)F)c3n2)CCN1C(=O)[C@@H](CC1CCCCC1)NC(=O)OC(C)(C)C.C[C@H]1CN(C(=O)c2cn3nc(-c4ccc(F)cc4)cc(C(F)(F)F)c3n2)CCN1C(=O)[C@H](N)CC1CCCCC1.I.I.II. The third kappa shape index (κ3) is 24.1. The van der Waals surface area contributed by atoms with Crippen LogP contribution in [0.3, 0.4) is 0 Å². The first-order valence-electron chi connectivity index (χ1n) is 38.6. The van der Waals surface area contributed by atoms with E-state index in [2.05, 4.69) is 78.1 Å². The number of hydrogen-bond donors (Lipinski definition) is 3. The summed E-state index contributed by atoms with van der Waals surface area (Å²) in [7, 11) is 0. The van der Waals surface area contributed by atoms with Gasteiger partial charge in [-0.15, -0.1) is 48.0 Å². The number of carbonyl (C=O) groups is 6. The largest absolute Gasteiger partial charge is 0.444 e. The van der Waals surface area contributed by atoms with Crippen LogP contribution in [-0.2, 0) is 32.9 Å². The summed E-state index contributed by atoms with van der Waals surface area (Å²) in [6.07, 6.45) is 0.719. The average Bonchev–Trinajstić information content (AvgIpc) is 1.65. The molecule has 24 nitrogen and oxygen atoms in total. The van der Waals surface area contributed by atoms with Crippen molar-refractivity contribution in [2.75, 3.05) is 58.9 Å². The predicted molar refractivity (Wildman–Crippen MR) is 460 cm³/mol. The van der Waals surface area contributed by atoms with E-state index in [0.29, 0.717) is 49.9 Å². The van der Waals surface area contributed by atoms with Crippen LogP contribution in [-0.4, -0.2) is 199 Å². The molecule has 5 atom stereocenters. The normalized spacial score (nSPS) is 18.2. The fourth-order valence-electron chi connectivity index (χ4n) is 15.4. The molecule has 5 fully saturated rings. The van der Waals surface area contributed by atoms with Gasteiger partial charge in [-0.25, -0.2) is 46.5 Å². The Morgan fingerprint density at radius 1 is 0.492 bits per heavy atom. The molecule has 0 radical (unpaired) electrons. The van der Waals surface area contributed by atoms with Crippen molar-refractivity contribution in [3.8, 4) is 33.8 Å². The fraction of sp³-hybridized carbons (Fsp3) is 0.475. The Morgan fingerprint density at radius 3 is 1.15 bits per heavy atom. The van der Waals surface area contributed by atoms with Crippen molar-refractivity contribution in [3.63, 3.8) is 0 Å². The number of fused-ring (bicyclic) bond motifs is 3. The van der Waals surface area contributed by atoms with E-state index in [0.717, 1.165) is 119 Å². The number of piperazine rings is 3. The molecule has 6 aromatic heterocycles. The van der Waals surface area contributed by atoms with Crippen LogP contribution >= 0.6 is 85.2 Å². The number of ether oxygens (including phenoxy) is 1. The number of nitrogens with two attached hydrogens (primary N) is 1. The molecule has 2 saturated carbocycles. The number of rotatable bonds is 13. The van der Waals surface area contributed by atoms with Gasteiger partial charge in [0.15, 0.2) is 16.9 Å². The smallest absolute Gasteiger partial charge is 0.420 e. The Hall–Kier alpha value is -7.86. The number of halogens is 16. The lowest BCUT2D eigenvalue weighted by Gasteiger charge is -2.41. The van der Waals surface area contributed by atoms with Gasteiger partial charge in [0.05, 0.1) is 41.7 Å². The molecule has 4 N–H and O–H groups in total. The van der Waals surface area contributed by atoms with Crippen LogP contribution in [0.5, 0.6) is 0 Å². The van der Waals surface area contributed by atoms with Crippen molar-refractivity contribution in [2.45, 2.75) is 173 Å². The van der Waals surface area contributed by atoms with Gasteiger partial charge in [0, 0.05) is 131 Å². The third-order valence-electron chi connectivity index (χ3n) is 21.2. The first kappa shape index (κ1) is 96.0. The van der Waals surface area contributed by atoms with Gasteiger partial charge in [0.25, 0.3) is 17.7 Å². The van der Waals surface area contributed by atoms with Gasteiger partial charge in [-0.1, -0.05) is 64.2 Å². The molecule has 3 aliphatic heterocycles. The second-order valence-electron chi connectivity index (χ2n) is 31.2. The molecule has 3 aromatic carbocycles. The molecule has 120 heavy (non-hydrogen) atoms. The highest BCUT2D eigenvalue weighted by Crippen LogP contribution is 2.39. The molecular formula is C80H91F12I4N17O7. The number of nitrogens with one attached hydrogen (secondary N) is 2. The van der Waals surface area contributed by atoms with Crippen molar-refractivity contribution in [1.82, 2.24) is 78.9 Å². The lowest BCUT2D eigenvalue weighted by Crippen LogP contribution is -2.60. The average molecular weight is 2140 g/mol. The highest BCUT2D eigenvalue weighted by molar-refractivity contribution is 15.0. The van der Waals surface area contributed by atoms with E-state index in [-0.39, 0.29) is 156 Å². The van der Waals surface area contributed by atoms with E-state index in [4.69, 9.17) is 10.5 Å². The monoisotopic (exact) mass is 2140 g/mol. The second kappa shape index (κ2) is 41.1. The molecule has 14 rings (SSSR count). The summed E-state index contributed by atoms with van der Waals surface area (Å²) in [5, 5.41) is 18.6. The predicted octanol–water partition coefficient (Wildman–Crippen LogP) is 16.6. The number of aromatic nitrogens is 9. The van der Waals surface area contributed by atoms with Gasteiger partial charge in [-0.2, -0.15) is 54.8 Å². The maximum absolute atomic E-state index is 14.1. The summed E-state index contributed by atoms with van der Waals surface area (Å²) < 4.78 is 173. The van der Waals surface area contributed by atoms with Crippen LogP contribution in [0.1, 0.15) is 167 Å². The lowest BCUT2D eigenvalue weighted by molar-refractivity contribution is -0.138. The number of amides is 6. The highest BCUT2D eigenvalue weighted by Gasteiger charge is 2.43. The molecule has 9 aromatic rings. The molecule has 0 unspecified atom stereocenters. The Bertz CT molecular complexity index is 5060. The Labute approximate surface area is 740 Å². The molecule has 3 saturated heterocycles. The Balaban J connectivity index is 0.000000206. The minimum absolute atomic E-state index is 0. The maximum atomic E-state index is 14.1. The molecule has 9 heterocycles. The molecule has 40 heteroatoms. The van der Waals surface area contributed by atoms with Crippen LogP contribution in [0.4, 0.5) is 57.5 Å². The molecule has 5 aliphatic rings. The van der Waals surface area contributed by atoms with Gasteiger partial charge < -0.3 is 45.6 Å². The van der Waals surface area contributed by atoms with E-state index in [1.807, 2.05) is 13.8 Å². The van der Waals surface area contributed by atoms with Crippen LogP contribution in [0, 0.1) is 29.3 Å². The second-order valence-corrected chi connectivity index (χ2v) is 31.2. The number of benzene rings is 3. The molecule has 6 amide bonds. The maximum Gasteiger partial charge on any atom is 0.420 e. The van der Waals surface area contributed by atoms with Crippen molar-refractivity contribution >= 4 is 138 Å². The quantitative estimate of drug-likeness (QED) is 0.0715. The fourth-order valence-corrected chi connectivity index (χ4v) is 15.4. The molecular weight excluding hydrogens is 2050 g/mol. The summed E-state index contributed by atoms with van der Waals surface area (Å²) in [5.74, 6) is -2.82. The van der Waals surface area contributed by atoms with Gasteiger partial charge in [0.2, 0.25) is 11.8 Å². The third-order valence-corrected chi connectivity index (χ3v) is 21.2. The number of alkyl carbamates (subject to hydrolysis) is 1. The van der Waals surface area contributed by atoms with E-state index in [1.165, 1.54) is 77.9 Å². The van der Waals surface area contributed by atoms with Crippen LogP contribution < -0.4 is 16.4 Å². The standard InChI is InChI=1S/C33H40F4N6O4.C28H32F4N6O2.C19H17F4N5O.I2.2HI/c1-20-18-41(14-15-42(20)30(45)26(16-21-8-6-5-7-9-21)39-31(46)47-32(2,3)4)29(44)27-19-43-28(38-27)24(33(35,36)37)17-25(40-43)22-10-12-23(34)13-11-22;1-17-15-36(11-12-37(17)26(39)22(33)13-18-5-3-2-4-6-18)27(40)24-16-38-25(34-24)21(28(30,31)32)14-23(35-38)19-7-9-20(29)10-8-19;1-11-9-27(7-6-24-11)18(29)16-10-28-17(25-16)14(19(21,22)23)8-15(26-28)12-2-4-13(20)5-3-12;1-2;;/h10-13,17,19-21,26H,5-9,14-16,18H2,1-4H3,(H,39,46);7-10,14,16-18,22H,2-6,11-13,15,33H2,1H3;2-5,8,10-11,24H,6-7,9H2,1H3;;2*1H/t20-,26+;17-,22+;11-;;;/m000.../s1. The number of imidazole rings is 3. The van der Waals surface area contributed by atoms with Crippen molar-refractivity contribution in [2.24, 2.45) is 17.6 Å². The number of carbonyl (C=O) groups excluding carboxylic acids is 6. The number of nitrogens with zero attached hydrogens (tertiary/aromatic N) is 14. The molecule has 650 valence electrons. The summed E-state index contributed by atoms with van der Waals surface area (Å²) in [4.78, 5) is 99.0. The topological polar surface area (TPSA) is 268 Å². The first-order valence-corrected chi connectivity index (χ1v) is 44.9. The zero-order valence-corrected chi connectivity index (χ0v) is 75.1. The zero-order valence-electron chi connectivity index (χ0n) is 66.1. The van der Waals surface area contributed by atoms with Gasteiger partial charge in [0.1, 0.15) is 62.9 Å². The van der Waals surface area contributed by atoms with E-state index in [1.54, 1.807) is 42.4 Å². The minimum Gasteiger partial charge on any atom is -0.444 e. The summed E-state index contributed by atoms with van der Waals surface area (Å²) >= 11 is 4.24. The van der Waals surface area contributed by atoms with Crippen molar-refractivity contribution in [1.29, 1.82) is 0 Å². The molecule has 0 spiro atoms. The van der Waals surface area contributed by atoms with Gasteiger partial charge in [-0.3, -0.25) is 24.0 Å². The minimum atomic E-state index is -4.80. The van der Waals surface area contributed by atoms with E-state index in [9.17, 15) is 81.5 Å².